The molecule has 0 aliphatic carbocycles. The number of hydrogen-bond acceptors (Lipinski definition) is 3. The van der Waals surface area contributed by atoms with Crippen LogP contribution in [0.25, 0.3) is 0 Å². The number of carbonyl (C=O) groups is 2. The molecule has 2 atom stereocenters. The van der Waals surface area contributed by atoms with Crippen molar-refractivity contribution >= 4 is 28.8 Å². The van der Waals surface area contributed by atoms with E-state index in [1.807, 2.05) is 40.6 Å². The van der Waals surface area contributed by atoms with Crippen molar-refractivity contribution in [1.29, 1.82) is 0 Å². The first-order valence-corrected chi connectivity index (χ1v) is 10.8. The first-order chi connectivity index (χ1) is 14.5. The van der Waals surface area contributed by atoms with Gasteiger partial charge in [-0.1, -0.05) is 44.2 Å². The van der Waals surface area contributed by atoms with E-state index in [0.29, 0.717) is 23.4 Å². The summed E-state index contributed by atoms with van der Waals surface area (Å²) in [6.07, 6.45) is 0. The van der Waals surface area contributed by atoms with Crippen molar-refractivity contribution in [3.8, 4) is 0 Å². The summed E-state index contributed by atoms with van der Waals surface area (Å²) in [5, 5.41) is 4.82. The van der Waals surface area contributed by atoms with E-state index in [9.17, 15) is 14.0 Å². The number of nitrogens with one attached hydrogen (secondary N) is 1. The summed E-state index contributed by atoms with van der Waals surface area (Å²) in [5.41, 5.74) is 1.65. The van der Waals surface area contributed by atoms with Crippen molar-refractivity contribution in [3.63, 3.8) is 0 Å². The lowest BCUT2D eigenvalue weighted by molar-refractivity contribution is -0.119. The molecule has 2 amide bonds. The van der Waals surface area contributed by atoms with Crippen LogP contribution in [0, 0.1) is 11.7 Å². The number of carbonyl (C=O) groups excluding carboxylic acids is 2. The van der Waals surface area contributed by atoms with Crippen molar-refractivity contribution < 1.29 is 14.0 Å². The van der Waals surface area contributed by atoms with Gasteiger partial charge in [0.25, 0.3) is 5.91 Å². The zero-order valence-electron chi connectivity index (χ0n) is 16.8. The van der Waals surface area contributed by atoms with Crippen LogP contribution >= 0.6 is 11.3 Å². The Kier molecular flexibility index (Phi) is 5.68. The third kappa shape index (κ3) is 3.87. The lowest BCUT2D eigenvalue weighted by Gasteiger charge is -2.42. The van der Waals surface area contributed by atoms with Gasteiger partial charge in [0.05, 0.1) is 12.0 Å². The van der Waals surface area contributed by atoms with E-state index in [4.69, 9.17) is 0 Å². The van der Waals surface area contributed by atoms with Gasteiger partial charge in [-0.15, -0.1) is 11.3 Å². The summed E-state index contributed by atoms with van der Waals surface area (Å²) in [7, 11) is 0. The third-order valence-corrected chi connectivity index (χ3v) is 6.15. The molecular weight excluding hydrogens is 399 g/mol. The standard InChI is InChI=1S/C24H23FN2O2S/c1-15(2)14-27-22(20-11-6-12-30-20)21(18-9-3-4-10-19(18)24(27)29)23(28)26-17-8-5-7-16(25)13-17/h3-13,15,21-22H,14H2,1-2H3,(H,26,28)/t21-,22+/m0/s1. The Morgan fingerprint density at radius 2 is 1.93 bits per heavy atom. The van der Waals surface area contributed by atoms with Gasteiger partial charge in [-0.05, 0) is 47.2 Å². The second-order valence-electron chi connectivity index (χ2n) is 7.88. The normalized spacial score (nSPS) is 18.4. The summed E-state index contributed by atoms with van der Waals surface area (Å²) >= 11 is 1.53. The molecule has 0 radical (unpaired) electrons. The van der Waals surface area contributed by atoms with Crippen LogP contribution in [-0.4, -0.2) is 23.3 Å². The molecule has 6 heteroatoms. The molecule has 2 heterocycles. The number of rotatable bonds is 5. The zero-order chi connectivity index (χ0) is 21.3. The van der Waals surface area contributed by atoms with Gasteiger partial charge in [0.1, 0.15) is 5.82 Å². The van der Waals surface area contributed by atoms with E-state index >= 15 is 0 Å². The fourth-order valence-electron chi connectivity index (χ4n) is 4.03. The summed E-state index contributed by atoms with van der Waals surface area (Å²) < 4.78 is 13.7. The van der Waals surface area contributed by atoms with E-state index in [2.05, 4.69) is 19.2 Å². The van der Waals surface area contributed by atoms with Crippen LogP contribution < -0.4 is 5.32 Å². The highest BCUT2D eigenvalue weighted by atomic mass is 32.1. The maximum Gasteiger partial charge on any atom is 0.254 e. The van der Waals surface area contributed by atoms with Crippen molar-refractivity contribution in [3.05, 3.63) is 87.9 Å². The van der Waals surface area contributed by atoms with Crippen LogP contribution in [0.3, 0.4) is 0 Å². The monoisotopic (exact) mass is 422 g/mol. The van der Waals surface area contributed by atoms with E-state index < -0.39 is 17.8 Å². The lowest BCUT2D eigenvalue weighted by atomic mass is 9.81. The fourth-order valence-corrected chi connectivity index (χ4v) is 4.91. The average molecular weight is 423 g/mol. The molecule has 0 unspecified atom stereocenters. The topological polar surface area (TPSA) is 49.4 Å². The van der Waals surface area contributed by atoms with Crippen LogP contribution in [0.15, 0.2) is 66.0 Å². The first-order valence-electron chi connectivity index (χ1n) is 9.95. The van der Waals surface area contributed by atoms with Gasteiger partial charge in [0, 0.05) is 22.7 Å². The predicted molar refractivity (Wildman–Crippen MR) is 117 cm³/mol. The Bertz CT molecular complexity index is 1060. The minimum Gasteiger partial charge on any atom is -0.329 e. The number of thiophene rings is 1. The van der Waals surface area contributed by atoms with Crippen molar-refractivity contribution in [2.75, 3.05) is 11.9 Å². The summed E-state index contributed by atoms with van der Waals surface area (Å²) in [4.78, 5) is 29.7. The number of nitrogens with zero attached hydrogens (tertiary/aromatic N) is 1. The molecule has 0 saturated heterocycles. The van der Waals surface area contributed by atoms with Gasteiger partial charge in [-0.2, -0.15) is 0 Å². The highest BCUT2D eigenvalue weighted by Crippen LogP contribution is 2.44. The molecule has 0 fully saturated rings. The van der Waals surface area contributed by atoms with Gasteiger partial charge in [-0.3, -0.25) is 9.59 Å². The summed E-state index contributed by atoms with van der Waals surface area (Å²) in [5.74, 6) is -1.09. The van der Waals surface area contributed by atoms with E-state index in [-0.39, 0.29) is 17.7 Å². The van der Waals surface area contributed by atoms with Crippen LogP contribution in [0.4, 0.5) is 10.1 Å². The van der Waals surface area contributed by atoms with Gasteiger partial charge in [-0.25, -0.2) is 4.39 Å². The maximum absolute atomic E-state index is 13.7. The third-order valence-electron chi connectivity index (χ3n) is 5.21. The molecule has 0 saturated carbocycles. The number of fused-ring (bicyclic) bond motifs is 1. The van der Waals surface area contributed by atoms with Gasteiger partial charge in [0.15, 0.2) is 0 Å². The lowest BCUT2D eigenvalue weighted by Crippen LogP contribution is -2.47. The SMILES string of the molecule is CC(C)CN1C(=O)c2ccccc2[C@H](C(=O)Nc2cccc(F)c2)[C@H]1c1cccs1. The first kappa shape index (κ1) is 20.3. The van der Waals surface area contributed by atoms with Gasteiger partial charge >= 0.3 is 0 Å². The molecule has 0 bridgehead atoms. The van der Waals surface area contributed by atoms with Crippen LogP contribution in [0.2, 0.25) is 0 Å². The van der Waals surface area contributed by atoms with E-state index in [1.54, 1.807) is 18.2 Å². The molecule has 2 aromatic carbocycles. The molecule has 1 N–H and O–H groups in total. The molecule has 154 valence electrons. The highest BCUT2D eigenvalue weighted by molar-refractivity contribution is 7.10. The quantitative estimate of drug-likeness (QED) is 0.593. The summed E-state index contributed by atoms with van der Waals surface area (Å²) in [6.45, 7) is 4.65. The predicted octanol–water partition coefficient (Wildman–Crippen LogP) is 5.46. The molecular formula is C24H23FN2O2S. The molecule has 1 aliphatic heterocycles. The van der Waals surface area contributed by atoms with E-state index in [0.717, 1.165) is 4.88 Å². The van der Waals surface area contributed by atoms with Crippen LogP contribution in [0.5, 0.6) is 0 Å². The van der Waals surface area contributed by atoms with Crippen molar-refractivity contribution in [1.82, 2.24) is 4.90 Å². The maximum atomic E-state index is 13.7. The minimum absolute atomic E-state index is 0.0625. The number of hydrogen-bond donors (Lipinski definition) is 1. The molecule has 30 heavy (non-hydrogen) atoms. The Hall–Kier alpha value is -2.99. The molecule has 4 nitrogen and oxygen atoms in total. The number of anilines is 1. The number of amides is 2. The Morgan fingerprint density at radius 3 is 2.63 bits per heavy atom. The highest BCUT2D eigenvalue weighted by Gasteiger charge is 2.44. The van der Waals surface area contributed by atoms with E-state index in [1.165, 1.54) is 23.5 Å². The van der Waals surface area contributed by atoms with Crippen molar-refractivity contribution in [2.24, 2.45) is 5.92 Å². The number of halogens is 1. The summed E-state index contributed by atoms with van der Waals surface area (Å²) in [6, 6.07) is 16.6. The van der Waals surface area contributed by atoms with Crippen LogP contribution in [-0.2, 0) is 4.79 Å². The second-order valence-corrected chi connectivity index (χ2v) is 8.86. The molecule has 0 spiro atoms. The fraction of sp³-hybridized carbons (Fsp3) is 0.250. The minimum atomic E-state index is -0.598. The number of benzene rings is 2. The molecule has 4 rings (SSSR count). The second kappa shape index (κ2) is 8.40. The Balaban J connectivity index is 1.82. The largest absolute Gasteiger partial charge is 0.329 e. The Morgan fingerprint density at radius 1 is 1.13 bits per heavy atom. The van der Waals surface area contributed by atoms with Gasteiger partial charge < -0.3 is 10.2 Å². The molecule has 1 aromatic heterocycles. The zero-order valence-corrected chi connectivity index (χ0v) is 17.7. The Labute approximate surface area is 179 Å². The molecule has 3 aromatic rings. The van der Waals surface area contributed by atoms with Crippen LogP contribution in [0.1, 0.15) is 46.6 Å². The van der Waals surface area contributed by atoms with Crippen molar-refractivity contribution in [2.45, 2.75) is 25.8 Å². The average Bonchev–Trinajstić information content (AvgIpc) is 3.24. The van der Waals surface area contributed by atoms with Gasteiger partial charge in [0.2, 0.25) is 5.91 Å². The smallest absolute Gasteiger partial charge is 0.254 e. The molecule has 1 aliphatic rings.